The summed E-state index contributed by atoms with van der Waals surface area (Å²) < 4.78 is 5.32. The third-order valence-electron chi connectivity index (χ3n) is 5.02. The minimum atomic E-state index is -0.610. The van der Waals surface area contributed by atoms with E-state index < -0.39 is 5.25 Å². The second kappa shape index (κ2) is 7.70. The summed E-state index contributed by atoms with van der Waals surface area (Å²) in [7, 11) is 1.44. The summed E-state index contributed by atoms with van der Waals surface area (Å²) in [4.78, 5) is 47.5. The molecule has 2 aromatic rings. The fourth-order valence-corrected chi connectivity index (χ4v) is 4.33. The third kappa shape index (κ3) is 3.64. The number of rotatable bonds is 4. The Kier molecular flexibility index (Phi) is 5.12. The number of nitrogens with zero attached hydrogens (tertiary/aromatic N) is 5. The molecule has 4 rings (SSSR count). The minimum Gasteiger partial charge on any atom is -0.343 e. The van der Waals surface area contributed by atoms with Crippen molar-refractivity contribution in [1.82, 2.24) is 24.9 Å². The maximum absolute atomic E-state index is 12.5. The number of thioether (sulfide) groups is 1. The SMILES string of the molecule is CN1C(=O)SC(CC(=O)N2CCC(c3noc(-c4ccccn4)n3)CC2)C1=O. The standard InChI is InChI=1S/C18H19N5O4S/c1-22-17(25)13(28-18(22)26)10-14(24)23-8-5-11(6-9-23)15-20-16(27-21-15)12-4-2-3-7-19-12/h2-4,7,11,13H,5-6,8-10H2,1H3. The zero-order valence-corrected chi connectivity index (χ0v) is 16.1. The molecule has 0 bridgehead atoms. The van der Waals surface area contributed by atoms with Gasteiger partial charge < -0.3 is 9.42 Å². The van der Waals surface area contributed by atoms with Gasteiger partial charge in [0.15, 0.2) is 5.82 Å². The zero-order chi connectivity index (χ0) is 19.7. The van der Waals surface area contributed by atoms with Crippen molar-refractivity contribution >= 4 is 28.8 Å². The predicted octanol–water partition coefficient (Wildman–Crippen LogP) is 1.92. The average molecular weight is 401 g/mol. The Morgan fingerprint density at radius 3 is 2.71 bits per heavy atom. The fourth-order valence-electron chi connectivity index (χ4n) is 3.35. The van der Waals surface area contributed by atoms with Crippen LogP contribution in [-0.4, -0.2) is 67.4 Å². The van der Waals surface area contributed by atoms with Crippen molar-refractivity contribution in [3.05, 3.63) is 30.2 Å². The molecule has 2 fully saturated rings. The largest absolute Gasteiger partial charge is 0.343 e. The summed E-state index contributed by atoms with van der Waals surface area (Å²) in [6.45, 7) is 1.12. The normalized spacial score (nSPS) is 20.8. The van der Waals surface area contributed by atoms with E-state index in [1.165, 1.54) is 7.05 Å². The molecule has 0 aliphatic carbocycles. The molecule has 146 valence electrons. The van der Waals surface area contributed by atoms with Gasteiger partial charge in [-0.3, -0.25) is 24.3 Å². The number of pyridine rings is 1. The summed E-state index contributed by atoms with van der Waals surface area (Å²) in [6, 6.07) is 5.48. The lowest BCUT2D eigenvalue weighted by Gasteiger charge is -2.31. The highest BCUT2D eigenvalue weighted by Crippen LogP contribution is 2.31. The van der Waals surface area contributed by atoms with Gasteiger partial charge in [0.1, 0.15) is 10.9 Å². The lowest BCUT2D eigenvalue weighted by molar-refractivity contribution is -0.135. The van der Waals surface area contributed by atoms with Crippen molar-refractivity contribution in [3.63, 3.8) is 0 Å². The second-order valence-corrected chi connectivity index (χ2v) is 7.96. The van der Waals surface area contributed by atoms with Gasteiger partial charge >= 0.3 is 0 Å². The molecule has 4 heterocycles. The molecule has 0 radical (unpaired) electrons. The van der Waals surface area contributed by atoms with Gasteiger partial charge in [0.25, 0.3) is 11.1 Å². The van der Waals surface area contributed by atoms with Crippen LogP contribution in [0.25, 0.3) is 11.6 Å². The molecule has 28 heavy (non-hydrogen) atoms. The molecule has 0 N–H and O–H groups in total. The van der Waals surface area contributed by atoms with Crippen LogP contribution in [0.5, 0.6) is 0 Å². The van der Waals surface area contributed by atoms with E-state index in [1.807, 2.05) is 18.2 Å². The molecule has 0 saturated carbocycles. The molecular formula is C18H19N5O4S. The first kappa shape index (κ1) is 18.6. The van der Waals surface area contributed by atoms with Crippen LogP contribution in [0.1, 0.15) is 31.0 Å². The second-order valence-electron chi connectivity index (χ2n) is 6.80. The summed E-state index contributed by atoms with van der Waals surface area (Å²) in [6.07, 6.45) is 3.16. The molecule has 0 aromatic carbocycles. The summed E-state index contributed by atoms with van der Waals surface area (Å²) in [5, 5.41) is 3.16. The number of likely N-dealkylation sites (tertiary alicyclic amines) is 1. The predicted molar refractivity (Wildman–Crippen MR) is 100 cm³/mol. The summed E-state index contributed by atoms with van der Waals surface area (Å²) in [5.41, 5.74) is 0.632. The van der Waals surface area contributed by atoms with Crippen molar-refractivity contribution in [2.75, 3.05) is 20.1 Å². The van der Waals surface area contributed by atoms with Gasteiger partial charge in [0, 0.05) is 38.7 Å². The molecule has 2 aromatic heterocycles. The first-order valence-corrected chi connectivity index (χ1v) is 9.92. The number of amides is 3. The van der Waals surface area contributed by atoms with E-state index in [0.717, 1.165) is 29.5 Å². The summed E-state index contributed by atoms with van der Waals surface area (Å²) in [5.74, 6) is 0.725. The highest BCUT2D eigenvalue weighted by atomic mass is 32.2. The number of hydrogen-bond acceptors (Lipinski definition) is 8. The Morgan fingerprint density at radius 1 is 1.29 bits per heavy atom. The van der Waals surface area contributed by atoms with Gasteiger partial charge in [0.05, 0.1) is 0 Å². The Labute approximate surface area is 165 Å². The van der Waals surface area contributed by atoms with Crippen LogP contribution in [0.3, 0.4) is 0 Å². The van der Waals surface area contributed by atoms with E-state index in [1.54, 1.807) is 11.1 Å². The minimum absolute atomic E-state index is 0.0519. The van der Waals surface area contributed by atoms with Gasteiger partial charge in [-0.15, -0.1) is 0 Å². The van der Waals surface area contributed by atoms with E-state index in [0.29, 0.717) is 30.5 Å². The first-order valence-electron chi connectivity index (χ1n) is 9.04. The first-order chi connectivity index (χ1) is 13.5. The molecule has 3 amide bonds. The number of imide groups is 1. The van der Waals surface area contributed by atoms with Crippen molar-refractivity contribution in [3.8, 4) is 11.6 Å². The average Bonchev–Trinajstić information content (AvgIpc) is 3.31. The van der Waals surface area contributed by atoms with Crippen LogP contribution >= 0.6 is 11.8 Å². The van der Waals surface area contributed by atoms with Gasteiger partial charge in [0.2, 0.25) is 11.8 Å². The topological polar surface area (TPSA) is 110 Å². The van der Waals surface area contributed by atoms with Gasteiger partial charge in [-0.1, -0.05) is 23.0 Å². The van der Waals surface area contributed by atoms with E-state index in [2.05, 4.69) is 15.1 Å². The Hall–Kier alpha value is -2.75. The molecule has 9 nitrogen and oxygen atoms in total. The van der Waals surface area contributed by atoms with Crippen molar-refractivity contribution in [2.45, 2.75) is 30.4 Å². The maximum atomic E-state index is 12.5. The van der Waals surface area contributed by atoms with E-state index in [-0.39, 0.29) is 29.4 Å². The number of carbonyl (C=O) groups is 3. The van der Waals surface area contributed by atoms with Crippen LogP contribution in [0.4, 0.5) is 4.79 Å². The highest BCUT2D eigenvalue weighted by Gasteiger charge is 2.39. The molecule has 2 aliphatic rings. The molecule has 2 saturated heterocycles. The number of aromatic nitrogens is 3. The summed E-state index contributed by atoms with van der Waals surface area (Å²) >= 11 is 0.924. The van der Waals surface area contributed by atoms with Crippen LogP contribution in [0.2, 0.25) is 0 Å². The van der Waals surface area contributed by atoms with Gasteiger partial charge in [-0.2, -0.15) is 4.98 Å². The van der Waals surface area contributed by atoms with E-state index in [4.69, 9.17) is 4.52 Å². The Balaban J connectivity index is 1.32. The fraction of sp³-hybridized carbons (Fsp3) is 0.444. The van der Waals surface area contributed by atoms with Crippen LogP contribution in [0, 0.1) is 0 Å². The van der Waals surface area contributed by atoms with E-state index >= 15 is 0 Å². The molecule has 0 spiro atoms. The van der Waals surface area contributed by atoms with Gasteiger partial charge in [-0.25, -0.2) is 0 Å². The monoisotopic (exact) mass is 401 g/mol. The smallest absolute Gasteiger partial charge is 0.288 e. The van der Waals surface area contributed by atoms with Crippen LogP contribution in [-0.2, 0) is 9.59 Å². The Bertz CT molecular complexity index is 894. The van der Waals surface area contributed by atoms with Crippen molar-refractivity contribution in [2.24, 2.45) is 0 Å². The number of piperidine rings is 1. The molecule has 1 atom stereocenters. The quantitative estimate of drug-likeness (QED) is 0.764. The highest BCUT2D eigenvalue weighted by molar-refractivity contribution is 8.15. The molecule has 10 heteroatoms. The number of hydrogen-bond donors (Lipinski definition) is 0. The van der Waals surface area contributed by atoms with Crippen molar-refractivity contribution < 1.29 is 18.9 Å². The third-order valence-corrected chi connectivity index (χ3v) is 6.15. The van der Waals surface area contributed by atoms with Crippen LogP contribution < -0.4 is 0 Å². The van der Waals surface area contributed by atoms with Crippen LogP contribution in [0.15, 0.2) is 28.9 Å². The lowest BCUT2D eigenvalue weighted by Crippen LogP contribution is -2.40. The van der Waals surface area contributed by atoms with E-state index in [9.17, 15) is 14.4 Å². The zero-order valence-electron chi connectivity index (χ0n) is 15.3. The lowest BCUT2D eigenvalue weighted by atomic mass is 9.96. The maximum Gasteiger partial charge on any atom is 0.288 e. The van der Waals surface area contributed by atoms with Gasteiger partial charge in [-0.05, 0) is 25.0 Å². The number of carbonyl (C=O) groups excluding carboxylic acids is 3. The Morgan fingerprint density at radius 2 is 2.07 bits per heavy atom. The molecule has 1 unspecified atom stereocenters. The van der Waals surface area contributed by atoms with Crippen molar-refractivity contribution in [1.29, 1.82) is 0 Å². The molecular weight excluding hydrogens is 382 g/mol. The molecule has 2 aliphatic heterocycles.